The van der Waals surface area contributed by atoms with Crippen LogP contribution < -0.4 is 5.32 Å². The van der Waals surface area contributed by atoms with Gasteiger partial charge in [0.15, 0.2) is 5.11 Å². The van der Waals surface area contributed by atoms with Crippen LogP contribution in [0.5, 0.6) is 0 Å². The van der Waals surface area contributed by atoms with E-state index in [2.05, 4.69) is 44.8 Å². The first-order chi connectivity index (χ1) is 15.5. The minimum absolute atomic E-state index is 0.0475. The van der Waals surface area contributed by atoms with Crippen molar-refractivity contribution in [3.63, 3.8) is 0 Å². The van der Waals surface area contributed by atoms with Gasteiger partial charge in [-0.15, -0.1) is 0 Å². The van der Waals surface area contributed by atoms with E-state index in [4.69, 9.17) is 12.2 Å². The van der Waals surface area contributed by atoms with E-state index in [-0.39, 0.29) is 17.6 Å². The van der Waals surface area contributed by atoms with Crippen molar-refractivity contribution in [1.29, 1.82) is 0 Å². The molecule has 1 aromatic carbocycles. The Bertz CT molecular complexity index is 1080. The van der Waals surface area contributed by atoms with Gasteiger partial charge in [0.1, 0.15) is 0 Å². The first-order valence-corrected chi connectivity index (χ1v) is 11.0. The predicted octanol–water partition coefficient (Wildman–Crippen LogP) is 3.49. The second-order valence-corrected chi connectivity index (χ2v) is 8.52. The summed E-state index contributed by atoms with van der Waals surface area (Å²) in [6.45, 7) is 1.79. The van der Waals surface area contributed by atoms with Crippen LogP contribution in [0, 0.1) is 0 Å². The van der Waals surface area contributed by atoms with Gasteiger partial charge in [-0.3, -0.25) is 4.98 Å². The molecule has 1 aliphatic rings. The van der Waals surface area contributed by atoms with Crippen LogP contribution >= 0.6 is 12.2 Å². The fraction of sp³-hybridized carbons (Fsp3) is 0.292. The Labute approximate surface area is 193 Å². The highest BCUT2D eigenvalue weighted by atomic mass is 32.1. The number of benzene rings is 1. The number of hydrogen-bond acceptors (Lipinski definition) is 4. The predicted molar refractivity (Wildman–Crippen MR) is 128 cm³/mol. The van der Waals surface area contributed by atoms with Gasteiger partial charge in [0, 0.05) is 30.3 Å². The van der Waals surface area contributed by atoms with Crippen molar-refractivity contribution < 1.29 is 9.90 Å². The second-order valence-electron chi connectivity index (χ2n) is 8.13. The highest BCUT2D eigenvalue weighted by Crippen LogP contribution is 2.39. The lowest BCUT2D eigenvalue weighted by Crippen LogP contribution is -2.33. The normalized spacial score (nSPS) is 18.2. The Morgan fingerprint density at radius 2 is 1.94 bits per heavy atom. The number of carboxylic acid groups (broad SMARTS) is 1. The second kappa shape index (κ2) is 9.50. The topological polar surface area (TPSA) is 73.6 Å². The molecule has 32 heavy (non-hydrogen) atoms. The summed E-state index contributed by atoms with van der Waals surface area (Å²) in [6.07, 6.45) is 4.78. The standard InChI is InChI=1S/C24H27N5O2S/c1-27(2)14-6-16-29-22(21(26-24(29)32)19-7-3-4-13-25-19)20-8-5-15-28(20)18-11-9-17(10-12-18)23(30)31/h3-5,7-13,15,21-22H,6,14,16H2,1-2H3,(H,26,32)(H,30,31)/t21-,22-/m1/s1. The molecule has 2 atom stereocenters. The van der Waals surface area contributed by atoms with Gasteiger partial charge in [0.2, 0.25) is 0 Å². The molecule has 0 bridgehead atoms. The molecular formula is C24H27N5O2S. The van der Waals surface area contributed by atoms with Crippen molar-refractivity contribution in [3.05, 3.63) is 83.9 Å². The zero-order chi connectivity index (χ0) is 22.7. The zero-order valence-corrected chi connectivity index (χ0v) is 19.0. The molecule has 0 spiro atoms. The van der Waals surface area contributed by atoms with Crippen LogP contribution in [0.25, 0.3) is 5.69 Å². The number of aromatic nitrogens is 2. The fourth-order valence-electron chi connectivity index (χ4n) is 4.16. The maximum Gasteiger partial charge on any atom is 0.335 e. The number of carboxylic acids is 1. The van der Waals surface area contributed by atoms with Crippen LogP contribution in [0.1, 0.15) is 40.3 Å². The van der Waals surface area contributed by atoms with E-state index < -0.39 is 5.97 Å². The van der Waals surface area contributed by atoms with Gasteiger partial charge in [0.05, 0.1) is 23.3 Å². The lowest BCUT2D eigenvalue weighted by atomic mass is 10.0. The van der Waals surface area contributed by atoms with Crippen LogP contribution in [-0.2, 0) is 0 Å². The van der Waals surface area contributed by atoms with E-state index in [0.29, 0.717) is 0 Å². The van der Waals surface area contributed by atoms with E-state index in [1.54, 1.807) is 18.3 Å². The molecule has 0 amide bonds. The lowest BCUT2D eigenvalue weighted by Gasteiger charge is -2.29. The number of carbonyl (C=O) groups is 1. The first kappa shape index (κ1) is 22.0. The highest BCUT2D eigenvalue weighted by molar-refractivity contribution is 7.80. The van der Waals surface area contributed by atoms with Gasteiger partial charge in [0.25, 0.3) is 0 Å². The molecule has 3 heterocycles. The van der Waals surface area contributed by atoms with Crippen molar-refractivity contribution in [3.8, 4) is 5.69 Å². The van der Waals surface area contributed by atoms with Crippen LogP contribution in [0.4, 0.5) is 0 Å². The maximum absolute atomic E-state index is 11.3. The van der Waals surface area contributed by atoms with Gasteiger partial charge >= 0.3 is 5.97 Å². The molecule has 1 fully saturated rings. The molecule has 3 aromatic rings. The lowest BCUT2D eigenvalue weighted by molar-refractivity contribution is 0.0697. The monoisotopic (exact) mass is 449 g/mol. The van der Waals surface area contributed by atoms with Gasteiger partial charge in [-0.05, 0) is 87.8 Å². The smallest absolute Gasteiger partial charge is 0.335 e. The van der Waals surface area contributed by atoms with Gasteiger partial charge in [-0.25, -0.2) is 4.79 Å². The van der Waals surface area contributed by atoms with Crippen molar-refractivity contribution in [2.45, 2.75) is 18.5 Å². The molecule has 0 aliphatic carbocycles. The Morgan fingerprint density at radius 1 is 1.16 bits per heavy atom. The van der Waals surface area contributed by atoms with Crippen molar-refractivity contribution in [1.82, 2.24) is 24.7 Å². The first-order valence-electron chi connectivity index (χ1n) is 10.6. The van der Waals surface area contributed by atoms with Gasteiger partial charge in [-0.1, -0.05) is 6.07 Å². The summed E-state index contributed by atoms with van der Waals surface area (Å²) in [5, 5.41) is 13.4. The molecule has 0 radical (unpaired) electrons. The molecule has 1 saturated heterocycles. The summed E-state index contributed by atoms with van der Waals surface area (Å²) < 4.78 is 2.10. The Hall–Kier alpha value is -3.23. The molecule has 4 rings (SSSR count). The molecule has 166 valence electrons. The number of thiocarbonyl (C=S) groups is 1. The number of pyridine rings is 1. The van der Waals surface area contributed by atoms with Crippen LogP contribution in [0.2, 0.25) is 0 Å². The van der Waals surface area contributed by atoms with E-state index in [0.717, 1.165) is 41.7 Å². The average Bonchev–Trinajstić information content (AvgIpc) is 3.39. The SMILES string of the molecule is CN(C)CCCN1C(=S)N[C@H](c2ccccn2)[C@H]1c1cccn1-c1ccc(C(=O)O)cc1. The number of nitrogens with zero attached hydrogens (tertiary/aromatic N) is 4. The fourth-order valence-corrected chi connectivity index (χ4v) is 4.49. The number of nitrogens with one attached hydrogen (secondary N) is 1. The van der Waals surface area contributed by atoms with E-state index in [9.17, 15) is 9.90 Å². The van der Waals surface area contributed by atoms with Crippen LogP contribution in [0.15, 0.2) is 67.0 Å². The van der Waals surface area contributed by atoms with E-state index in [1.165, 1.54) is 0 Å². The van der Waals surface area contributed by atoms with Crippen molar-refractivity contribution in [2.24, 2.45) is 0 Å². The van der Waals surface area contributed by atoms with E-state index >= 15 is 0 Å². The molecule has 0 saturated carbocycles. The van der Waals surface area contributed by atoms with Crippen LogP contribution in [0.3, 0.4) is 0 Å². The van der Waals surface area contributed by atoms with Gasteiger partial charge < -0.3 is 24.8 Å². The molecular weight excluding hydrogens is 422 g/mol. The summed E-state index contributed by atoms with van der Waals surface area (Å²) in [5.41, 5.74) is 3.17. The average molecular weight is 450 g/mol. The summed E-state index contributed by atoms with van der Waals surface area (Å²) in [6, 6.07) is 16.8. The van der Waals surface area contributed by atoms with Gasteiger partial charge in [-0.2, -0.15) is 0 Å². The number of aromatic carboxylic acids is 1. The summed E-state index contributed by atoms with van der Waals surface area (Å²) in [7, 11) is 4.14. The minimum Gasteiger partial charge on any atom is -0.478 e. The van der Waals surface area contributed by atoms with Crippen molar-refractivity contribution in [2.75, 3.05) is 27.2 Å². The molecule has 7 nitrogen and oxygen atoms in total. The minimum atomic E-state index is -0.933. The molecule has 0 unspecified atom stereocenters. The summed E-state index contributed by atoms with van der Waals surface area (Å²) in [5.74, 6) is -0.933. The summed E-state index contributed by atoms with van der Waals surface area (Å²) >= 11 is 5.75. The number of hydrogen-bond donors (Lipinski definition) is 2. The highest BCUT2D eigenvalue weighted by Gasteiger charge is 2.40. The van der Waals surface area contributed by atoms with E-state index in [1.807, 2.05) is 42.6 Å². The third-order valence-corrected chi connectivity index (χ3v) is 6.03. The largest absolute Gasteiger partial charge is 0.478 e. The molecule has 2 N–H and O–H groups in total. The quantitative estimate of drug-likeness (QED) is 0.510. The Balaban J connectivity index is 1.72. The van der Waals surface area contributed by atoms with Crippen molar-refractivity contribution >= 4 is 23.3 Å². The Kier molecular flexibility index (Phi) is 6.53. The third-order valence-electron chi connectivity index (χ3n) is 5.68. The number of rotatable bonds is 8. The molecule has 8 heteroatoms. The summed E-state index contributed by atoms with van der Waals surface area (Å²) in [4.78, 5) is 20.3. The Morgan fingerprint density at radius 3 is 2.59 bits per heavy atom. The zero-order valence-electron chi connectivity index (χ0n) is 18.2. The maximum atomic E-state index is 11.3. The van der Waals surface area contributed by atoms with Crippen LogP contribution in [-0.4, -0.2) is 62.7 Å². The third kappa shape index (κ3) is 4.51. The molecule has 2 aromatic heterocycles. The molecule has 1 aliphatic heterocycles.